The number of aromatic nitrogens is 4. The predicted molar refractivity (Wildman–Crippen MR) is 93.7 cm³/mol. The number of piperidine rings is 1. The molecule has 0 amide bonds. The Morgan fingerprint density at radius 1 is 1.17 bits per heavy atom. The molecule has 7 nitrogen and oxygen atoms in total. The maximum absolute atomic E-state index is 4.75. The van der Waals surface area contributed by atoms with Gasteiger partial charge in [0.05, 0.1) is 11.7 Å². The second-order valence-corrected chi connectivity index (χ2v) is 6.60. The van der Waals surface area contributed by atoms with Crippen molar-refractivity contribution in [2.24, 2.45) is 0 Å². The minimum Gasteiger partial charge on any atom is -0.340 e. The Morgan fingerprint density at radius 3 is 2.88 bits per heavy atom. The highest BCUT2D eigenvalue weighted by atomic mass is 15.4. The van der Waals surface area contributed by atoms with E-state index >= 15 is 0 Å². The van der Waals surface area contributed by atoms with E-state index in [4.69, 9.17) is 4.98 Å². The summed E-state index contributed by atoms with van der Waals surface area (Å²) < 4.78 is 0. The summed E-state index contributed by atoms with van der Waals surface area (Å²) in [6, 6.07) is 9.15. The van der Waals surface area contributed by atoms with Crippen molar-refractivity contribution in [2.75, 3.05) is 23.3 Å². The van der Waals surface area contributed by atoms with Crippen LogP contribution in [-0.4, -0.2) is 45.3 Å². The van der Waals surface area contributed by atoms with E-state index in [9.17, 15) is 0 Å². The summed E-state index contributed by atoms with van der Waals surface area (Å²) in [5.41, 5.74) is 3.00. The summed E-state index contributed by atoms with van der Waals surface area (Å²) in [4.78, 5) is 11.8. The zero-order chi connectivity index (χ0) is 16.1. The molecule has 5 rings (SSSR count). The van der Waals surface area contributed by atoms with Crippen molar-refractivity contribution in [3.63, 3.8) is 0 Å². The average Bonchev–Trinajstić information content (AvgIpc) is 3.02. The quantitative estimate of drug-likeness (QED) is 0.684. The third-order valence-electron chi connectivity index (χ3n) is 4.88. The molecule has 2 unspecified atom stereocenters. The number of nitrogens with one attached hydrogen (secondary N) is 3. The van der Waals surface area contributed by atoms with E-state index in [0.717, 1.165) is 47.1 Å². The van der Waals surface area contributed by atoms with Gasteiger partial charge in [-0.2, -0.15) is 10.1 Å². The molecule has 4 heterocycles. The van der Waals surface area contributed by atoms with Gasteiger partial charge in [-0.25, -0.2) is 4.98 Å². The molecule has 2 bridgehead atoms. The molecule has 2 aliphatic heterocycles. The molecular formula is C17H19N7. The van der Waals surface area contributed by atoms with Crippen molar-refractivity contribution in [1.29, 1.82) is 0 Å². The molecule has 0 radical (unpaired) electrons. The maximum atomic E-state index is 4.75. The van der Waals surface area contributed by atoms with Crippen LogP contribution >= 0.6 is 0 Å². The average molecular weight is 321 g/mol. The van der Waals surface area contributed by atoms with E-state index < -0.39 is 0 Å². The van der Waals surface area contributed by atoms with Crippen molar-refractivity contribution in [2.45, 2.75) is 25.4 Å². The number of piperazine rings is 1. The van der Waals surface area contributed by atoms with Gasteiger partial charge in [-0.05, 0) is 31.5 Å². The van der Waals surface area contributed by atoms with Crippen LogP contribution in [0.2, 0.25) is 0 Å². The molecule has 0 aliphatic carbocycles. The van der Waals surface area contributed by atoms with E-state index in [1.54, 1.807) is 0 Å². The lowest BCUT2D eigenvalue weighted by atomic mass is 9.89. The number of rotatable bonds is 3. The van der Waals surface area contributed by atoms with Gasteiger partial charge in [-0.1, -0.05) is 0 Å². The Kier molecular flexibility index (Phi) is 2.96. The van der Waals surface area contributed by atoms with Crippen molar-refractivity contribution < 1.29 is 0 Å². The minimum atomic E-state index is 0.528. The highest BCUT2D eigenvalue weighted by molar-refractivity contribution is 5.82. The number of fused-ring (bicyclic) bond motifs is 3. The Hall–Kier alpha value is -2.67. The molecular weight excluding hydrogens is 302 g/mol. The van der Waals surface area contributed by atoms with Crippen molar-refractivity contribution in [1.82, 2.24) is 25.5 Å². The largest absolute Gasteiger partial charge is 0.340 e. The van der Waals surface area contributed by atoms with Crippen LogP contribution in [0.5, 0.6) is 0 Å². The van der Waals surface area contributed by atoms with Crippen LogP contribution in [0.25, 0.3) is 10.9 Å². The third kappa shape index (κ3) is 2.20. The molecule has 2 aliphatic rings. The van der Waals surface area contributed by atoms with Gasteiger partial charge < -0.3 is 15.5 Å². The fourth-order valence-corrected chi connectivity index (χ4v) is 3.71. The van der Waals surface area contributed by atoms with Gasteiger partial charge in [0.15, 0.2) is 0 Å². The monoisotopic (exact) mass is 321 g/mol. The number of nitrogens with zero attached hydrogens (tertiary/aromatic N) is 4. The summed E-state index contributed by atoms with van der Waals surface area (Å²) in [5.74, 6) is 1.67. The molecule has 3 aromatic rings. The Morgan fingerprint density at radius 2 is 2.04 bits per heavy atom. The van der Waals surface area contributed by atoms with E-state index in [1.165, 1.54) is 6.42 Å². The topological polar surface area (TPSA) is 81.8 Å². The van der Waals surface area contributed by atoms with Gasteiger partial charge in [-0.15, -0.1) is 0 Å². The van der Waals surface area contributed by atoms with E-state index in [2.05, 4.69) is 36.8 Å². The lowest BCUT2D eigenvalue weighted by molar-refractivity contribution is 0.258. The normalized spacial score (nSPS) is 22.5. The first-order valence-electron chi connectivity index (χ1n) is 8.31. The molecule has 0 spiro atoms. The molecule has 2 aromatic heterocycles. The SMILES string of the molecule is Cc1cc(Nc2ccc3[nH]ncc3c2)nc(N2C3CNCC2C3)n1. The number of anilines is 3. The number of benzene rings is 1. The molecule has 2 atom stereocenters. The van der Waals surface area contributed by atoms with Crippen molar-refractivity contribution >= 4 is 28.4 Å². The van der Waals surface area contributed by atoms with Crippen LogP contribution in [0.15, 0.2) is 30.5 Å². The molecule has 7 heteroatoms. The highest BCUT2D eigenvalue weighted by Gasteiger charge is 2.42. The fraction of sp³-hybridized carbons (Fsp3) is 0.353. The van der Waals surface area contributed by atoms with Gasteiger partial charge in [0.25, 0.3) is 0 Å². The zero-order valence-electron chi connectivity index (χ0n) is 13.5. The first-order chi connectivity index (χ1) is 11.8. The van der Waals surface area contributed by atoms with E-state index in [-0.39, 0.29) is 0 Å². The molecule has 0 saturated carbocycles. The summed E-state index contributed by atoms with van der Waals surface area (Å²) in [5, 5.41) is 15.0. The van der Waals surface area contributed by atoms with Gasteiger partial charge in [0.2, 0.25) is 5.95 Å². The third-order valence-corrected chi connectivity index (χ3v) is 4.88. The Balaban J connectivity index is 1.45. The fourth-order valence-electron chi connectivity index (χ4n) is 3.71. The number of hydrogen-bond donors (Lipinski definition) is 3. The molecule has 2 fully saturated rings. The van der Waals surface area contributed by atoms with Crippen LogP contribution in [0.4, 0.5) is 17.5 Å². The Labute approximate surface area is 139 Å². The van der Waals surface area contributed by atoms with Crippen LogP contribution < -0.4 is 15.5 Å². The second kappa shape index (κ2) is 5.17. The standard InChI is InChI=1S/C17H19N7/c1-10-4-16(21-12-2-3-15-11(5-12)7-19-23-15)22-17(20-10)24-13-6-14(24)9-18-8-13/h2-5,7,13-14,18H,6,8-9H2,1H3,(H,19,23)(H,20,21,22). The predicted octanol–water partition coefficient (Wildman–Crippen LogP) is 1.96. The lowest BCUT2D eigenvalue weighted by Gasteiger charge is -2.53. The minimum absolute atomic E-state index is 0.528. The first kappa shape index (κ1) is 13.7. The number of hydrogen-bond acceptors (Lipinski definition) is 6. The second-order valence-electron chi connectivity index (χ2n) is 6.60. The first-order valence-corrected chi connectivity index (χ1v) is 8.31. The van der Waals surface area contributed by atoms with Crippen LogP contribution in [0.3, 0.4) is 0 Å². The lowest BCUT2D eigenvalue weighted by Crippen LogP contribution is -2.68. The summed E-state index contributed by atoms with van der Waals surface area (Å²) in [7, 11) is 0. The Bertz CT molecular complexity index is 889. The summed E-state index contributed by atoms with van der Waals surface area (Å²) in [6.45, 7) is 4.06. The maximum Gasteiger partial charge on any atom is 0.228 e. The van der Waals surface area contributed by atoms with Gasteiger partial charge in [0.1, 0.15) is 5.82 Å². The van der Waals surface area contributed by atoms with Crippen LogP contribution in [0.1, 0.15) is 12.1 Å². The van der Waals surface area contributed by atoms with E-state index in [1.807, 2.05) is 31.3 Å². The summed E-state index contributed by atoms with van der Waals surface area (Å²) >= 11 is 0. The number of aryl methyl sites for hydroxylation is 1. The van der Waals surface area contributed by atoms with Gasteiger partial charge >= 0.3 is 0 Å². The van der Waals surface area contributed by atoms with Crippen LogP contribution in [0, 0.1) is 6.92 Å². The number of aromatic amines is 1. The van der Waals surface area contributed by atoms with Gasteiger partial charge in [-0.3, -0.25) is 5.10 Å². The number of H-pyrrole nitrogens is 1. The zero-order valence-corrected chi connectivity index (χ0v) is 13.5. The van der Waals surface area contributed by atoms with Crippen LogP contribution in [-0.2, 0) is 0 Å². The van der Waals surface area contributed by atoms with Crippen molar-refractivity contribution in [3.8, 4) is 0 Å². The molecule has 122 valence electrons. The molecule has 1 aromatic carbocycles. The van der Waals surface area contributed by atoms with Gasteiger partial charge in [0, 0.05) is 48.0 Å². The summed E-state index contributed by atoms with van der Waals surface area (Å²) in [6.07, 6.45) is 3.07. The highest BCUT2D eigenvalue weighted by Crippen LogP contribution is 2.33. The molecule has 24 heavy (non-hydrogen) atoms. The van der Waals surface area contributed by atoms with E-state index in [0.29, 0.717) is 12.1 Å². The molecule has 3 N–H and O–H groups in total. The smallest absolute Gasteiger partial charge is 0.228 e. The van der Waals surface area contributed by atoms with Crippen molar-refractivity contribution in [3.05, 3.63) is 36.2 Å². The molecule has 2 saturated heterocycles.